The van der Waals surface area contributed by atoms with Gasteiger partial charge in [-0.25, -0.2) is 0 Å². The molecule has 0 bridgehead atoms. The molecule has 1 aliphatic rings. The number of benzene rings is 2. The van der Waals surface area contributed by atoms with E-state index in [1.165, 1.54) is 12.3 Å². The zero-order valence-corrected chi connectivity index (χ0v) is 18.3. The molecule has 1 atom stereocenters. The lowest BCUT2D eigenvalue weighted by Gasteiger charge is -2.38. The number of carbonyl (C=O) groups is 2. The maximum Gasteiger partial charge on any atom is 0.268 e. The number of furan rings is 1. The number of hydrogen-bond acceptors (Lipinski definition) is 4. The van der Waals surface area contributed by atoms with E-state index in [1.807, 2.05) is 51.1 Å². The van der Waals surface area contributed by atoms with Crippen LogP contribution in [0.4, 0.5) is 0 Å². The second kappa shape index (κ2) is 8.75. The van der Waals surface area contributed by atoms with Gasteiger partial charge in [0.1, 0.15) is 22.8 Å². The van der Waals surface area contributed by atoms with E-state index in [0.29, 0.717) is 17.7 Å². The van der Waals surface area contributed by atoms with Crippen molar-refractivity contribution in [2.24, 2.45) is 0 Å². The van der Waals surface area contributed by atoms with E-state index >= 15 is 0 Å². The van der Waals surface area contributed by atoms with E-state index in [9.17, 15) is 9.59 Å². The second-order valence-electron chi connectivity index (χ2n) is 8.53. The highest BCUT2D eigenvalue weighted by Gasteiger charge is 2.34. The highest BCUT2D eigenvalue weighted by Crippen LogP contribution is 2.39. The van der Waals surface area contributed by atoms with Gasteiger partial charge in [-0.05, 0) is 51.1 Å². The summed E-state index contributed by atoms with van der Waals surface area (Å²) in [7, 11) is 0. The Balaban J connectivity index is 1.61. The first-order valence-electron chi connectivity index (χ1n) is 10.5. The third-order valence-corrected chi connectivity index (χ3v) is 5.28. The molecule has 3 aromatic rings. The summed E-state index contributed by atoms with van der Waals surface area (Å²) in [6.07, 6.45) is 3.63. The summed E-state index contributed by atoms with van der Waals surface area (Å²) in [6, 6.07) is 18.0. The van der Waals surface area contributed by atoms with E-state index in [4.69, 9.17) is 9.15 Å². The Morgan fingerprint density at radius 1 is 1.06 bits per heavy atom. The van der Waals surface area contributed by atoms with Crippen LogP contribution in [0.1, 0.15) is 53.6 Å². The van der Waals surface area contributed by atoms with E-state index in [-0.39, 0.29) is 17.6 Å². The van der Waals surface area contributed by atoms with Gasteiger partial charge in [-0.15, -0.1) is 0 Å². The van der Waals surface area contributed by atoms with Crippen LogP contribution in [0.25, 0.3) is 6.08 Å². The molecule has 0 saturated heterocycles. The average molecular weight is 431 g/mol. The van der Waals surface area contributed by atoms with Crippen molar-refractivity contribution in [1.82, 2.24) is 10.6 Å². The van der Waals surface area contributed by atoms with E-state index in [0.717, 1.165) is 16.9 Å². The second-order valence-corrected chi connectivity index (χ2v) is 8.53. The van der Waals surface area contributed by atoms with Gasteiger partial charge in [0.2, 0.25) is 0 Å². The van der Waals surface area contributed by atoms with Crippen molar-refractivity contribution in [3.8, 4) is 5.75 Å². The molecule has 6 nitrogen and oxygen atoms in total. The highest BCUT2D eigenvalue weighted by molar-refractivity contribution is 6.05. The molecule has 0 spiro atoms. The molecule has 164 valence electrons. The summed E-state index contributed by atoms with van der Waals surface area (Å²) in [6.45, 7) is 5.88. The molecule has 1 aromatic heterocycles. The summed E-state index contributed by atoms with van der Waals surface area (Å²) in [4.78, 5) is 26.2. The Labute approximate surface area is 187 Å². The van der Waals surface area contributed by atoms with Crippen molar-refractivity contribution in [1.29, 1.82) is 0 Å². The number of para-hydroxylation sites is 1. The predicted octanol–water partition coefficient (Wildman–Crippen LogP) is 4.78. The molecule has 0 unspecified atom stereocenters. The van der Waals surface area contributed by atoms with Crippen LogP contribution in [-0.2, 0) is 4.79 Å². The molecule has 4 rings (SSSR count). The quantitative estimate of drug-likeness (QED) is 0.571. The number of hydrogen-bond donors (Lipinski definition) is 2. The highest BCUT2D eigenvalue weighted by atomic mass is 16.5. The lowest BCUT2D eigenvalue weighted by molar-refractivity contribution is -0.119. The number of nitrogens with one attached hydrogen (secondary N) is 2. The van der Waals surface area contributed by atoms with Crippen molar-refractivity contribution >= 4 is 17.9 Å². The van der Waals surface area contributed by atoms with Gasteiger partial charge in [0.25, 0.3) is 11.8 Å². The third kappa shape index (κ3) is 4.91. The Bertz CT molecular complexity index is 1160. The van der Waals surface area contributed by atoms with Crippen LogP contribution >= 0.6 is 0 Å². The fourth-order valence-corrected chi connectivity index (χ4v) is 3.82. The van der Waals surface area contributed by atoms with Gasteiger partial charge in [-0.3, -0.25) is 9.59 Å². The van der Waals surface area contributed by atoms with Crippen LogP contribution in [0, 0.1) is 6.92 Å². The van der Waals surface area contributed by atoms with Crippen LogP contribution < -0.4 is 15.4 Å². The van der Waals surface area contributed by atoms with Crippen LogP contribution in [0.3, 0.4) is 0 Å². The Kier molecular flexibility index (Phi) is 5.86. The maximum absolute atomic E-state index is 13.3. The maximum atomic E-state index is 13.3. The fraction of sp³-hybridized carbons (Fsp3) is 0.231. The molecule has 2 amide bonds. The van der Waals surface area contributed by atoms with Crippen molar-refractivity contribution in [3.63, 3.8) is 0 Å². The molecule has 0 saturated carbocycles. The molecule has 32 heavy (non-hydrogen) atoms. The molecule has 0 aliphatic carbocycles. The van der Waals surface area contributed by atoms with Gasteiger partial charge >= 0.3 is 0 Å². The summed E-state index contributed by atoms with van der Waals surface area (Å²) < 4.78 is 11.4. The van der Waals surface area contributed by atoms with Gasteiger partial charge < -0.3 is 19.8 Å². The standard InChI is InChI=1S/C26H26N2O4/c1-17-8-6-9-18(14-17)24(29)27-21(15-19-10-7-13-31-19)25(30)28-22-16-26(2,3)32-23-12-5-4-11-20(22)23/h4-15,22H,16H2,1-3H3,(H,27,29)(H,28,30)/b21-15-/t22-/m0/s1. The van der Waals surface area contributed by atoms with Gasteiger partial charge in [-0.2, -0.15) is 0 Å². The molecule has 6 heteroatoms. The van der Waals surface area contributed by atoms with Crippen molar-refractivity contribution in [2.75, 3.05) is 0 Å². The topological polar surface area (TPSA) is 80.6 Å². The number of carbonyl (C=O) groups excluding carboxylic acids is 2. The first-order chi connectivity index (χ1) is 15.3. The zero-order valence-electron chi connectivity index (χ0n) is 18.3. The van der Waals surface area contributed by atoms with Crippen LogP contribution in [-0.4, -0.2) is 17.4 Å². The summed E-state index contributed by atoms with van der Waals surface area (Å²) in [5.41, 5.74) is 2.00. The number of aryl methyl sites for hydroxylation is 1. The summed E-state index contributed by atoms with van der Waals surface area (Å²) in [5.74, 6) is 0.441. The summed E-state index contributed by atoms with van der Waals surface area (Å²) in [5, 5.41) is 5.82. The van der Waals surface area contributed by atoms with Gasteiger partial charge in [0.05, 0.1) is 12.3 Å². The average Bonchev–Trinajstić information content (AvgIpc) is 3.25. The zero-order chi connectivity index (χ0) is 22.7. The molecule has 0 radical (unpaired) electrons. The van der Waals surface area contributed by atoms with Crippen molar-refractivity contribution in [2.45, 2.75) is 38.8 Å². The van der Waals surface area contributed by atoms with E-state index in [2.05, 4.69) is 10.6 Å². The third-order valence-electron chi connectivity index (χ3n) is 5.28. The smallest absolute Gasteiger partial charge is 0.268 e. The van der Waals surface area contributed by atoms with Crippen LogP contribution in [0.15, 0.2) is 77.0 Å². The lowest BCUT2D eigenvalue weighted by Crippen LogP contribution is -2.43. The Morgan fingerprint density at radius 2 is 1.88 bits per heavy atom. The minimum atomic E-state index is -0.442. The summed E-state index contributed by atoms with van der Waals surface area (Å²) >= 11 is 0. The van der Waals surface area contributed by atoms with Gasteiger partial charge in [0, 0.05) is 23.6 Å². The molecular formula is C26H26N2O4. The Hall–Kier alpha value is -3.80. The normalized spacial score (nSPS) is 17.1. The van der Waals surface area contributed by atoms with Crippen molar-refractivity contribution < 1.29 is 18.7 Å². The molecule has 2 heterocycles. The Morgan fingerprint density at radius 3 is 2.62 bits per heavy atom. The number of amides is 2. The first kappa shape index (κ1) is 21.4. The first-order valence-corrected chi connectivity index (χ1v) is 10.5. The predicted molar refractivity (Wildman–Crippen MR) is 122 cm³/mol. The van der Waals surface area contributed by atoms with Gasteiger partial charge in [0.15, 0.2) is 0 Å². The van der Waals surface area contributed by atoms with Crippen molar-refractivity contribution in [3.05, 3.63) is 95.1 Å². The van der Waals surface area contributed by atoms with E-state index in [1.54, 1.807) is 30.3 Å². The number of rotatable bonds is 5. The molecule has 0 fully saturated rings. The number of fused-ring (bicyclic) bond motifs is 1. The molecule has 2 N–H and O–H groups in total. The monoisotopic (exact) mass is 430 g/mol. The molecule has 1 aliphatic heterocycles. The lowest BCUT2D eigenvalue weighted by atomic mass is 9.89. The SMILES string of the molecule is Cc1cccc(C(=O)N/C(=C\c2ccco2)C(=O)N[C@H]2CC(C)(C)Oc3ccccc32)c1. The minimum absolute atomic E-state index is 0.105. The minimum Gasteiger partial charge on any atom is -0.487 e. The molecule has 2 aromatic carbocycles. The van der Waals surface area contributed by atoms with Crippen LogP contribution in [0.2, 0.25) is 0 Å². The number of ether oxygens (including phenoxy) is 1. The largest absolute Gasteiger partial charge is 0.487 e. The van der Waals surface area contributed by atoms with E-state index < -0.39 is 11.5 Å². The van der Waals surface area contributed by atoms with Crippen LogP contribution in [0.5, 0.6) is 5.75 Å². The van der Waals surface area contributed by atoms with Gasteiger partial charge in [-0.1, -0.05) is 35.9 Å². The molecular weight excluding hydrogens is 404 g/mol. The fourth-order valence-electron chi connectivity index (χ4n) is 3.82.